The summed E-state index contributed by atoms with van der Waals surface area (Å²) in [6.45, 7) is 1.17. The molecule has 0 bridgehead atoms. The fraction of sp³-hybridized carbons (Fsp3) is 1.00. The van der Waals surface area contributed by atoms with E-state index in [4.69, 9.17) is 9.63 Å². The molecule has 19 heavy (non-hydrogen) atoms. The highest BCUT2D eigenvalue weighted by atomic mass is 31.2. The van der Waals surface area contributed by atoms with Gasteiger partial charge in [0, 0.05) is 25.4 Å². The Kier molecular flexibility index (Phi) is 7.69. The molecule has 2 saturated heterocycles. The summed E-state index contributed by atoms with van der Waals surface area (Å²) in [6, 6.07) is 0.234. The SMILES string of the molecule is CN1CC(O)C(O)CC1CC1CCCOP1O.CO. The smallest absolute Gasteiger partial charge is 0.171 e. The molecular formula is C12H26NO5P. The molecule has 0 aromatic carbocycles. The van der Waals surface area contributed by atoms with Crippen LogP contribution in [-0.2, 0) is 4.52 Å². The molecule has 114 valence electrons. The van der Waals surface area contributed by atoms with Gasteiger partial charge in [0.05, 0.1) is 18.8 Å². The van der Waals surface area contributed by atoms with E-state index in [0.29, 0.717) is 19.6 Å². The number of aliphatic hydroxyl groups excluding tert-OH is 3. The van der Waals surface area contributed by atoms with Crippen LogP contribution in [-0.4, -0.2) is 76.3 Å². The van der Waals surface area contributed by atoms with Crippen LogP contribution in [0, 0.1) is 0 Å². The Morgan fingerprint density at radius 3 is 2.58 bits per heavy atom. The molecule has 2 aliphatic rings. The van der Waals surface area contributed by atoms with Crippen LogP contribution in [0.4, 0.5) is 0 Å². The van der Waals surface area contributed by atoms with E-state index in [9.17, 15) is 15.1 Å². The highest BCUT2D eigenvalue weighted by Crippen LogP contribution is 2.46. The average Bonchev–Trinajstić information content (AvgIpc) is 2.41. The van der Waals surface area contributed by atoms with Crippen LogP contribution < -0.4 is 0 Å². The van der Waals surface area contributed by atoms with E-state index in [0.717, 1.165) is 26.4 Å². The maximum absolute atomic E-state index is 9.82. The molecule has 0 aromatic heterocycles. The van der Waals surface area contributed by atoms with Crippen LogP contribution in [0.3, 0.4) is 0 Å². The van der Waals surface area contributed by atoms with Crippen molar-refractivity contribution in [3.05, 3.63) is 0 Å². The van der Waals surface area contributed by atoms with E-state index in [-0.39, 0.29) is 11.7 Å². The molecule has 5 atom stereocenters. The number of hydrogen-bond acceptors (Lipinski definition) is 6. The highest BCUT2D eigenvalue weighted by Gasteiger charge is 2.35. The van der Waals surface area contributed by atoms with Gasteiger partial charge in [-0.2, -0.15) is 0 Å². The number of aliphatic hydroxyl groups is 3. The van der Waals surface area contributed by atoms with Gasteiger partial charge in [0.15, 0.2) is 8.38 Å². The molecule has 4 N–H and O–H groups in total. The van der Waals surface area contributed by atoms with Gasteiger partial charge < -0.3 is 29.6 Å². The zero-order chi connectivity index (χ0) is 14.4. The number of β-amino-alcohol motifs (C(OH)–C–C–N with tert-alkyl or cyclic N) is 1. The van der Waals surface area contributed by atoms with Gasteiger partial charge in [-0.05, 0) is 32.7 Å². The van der Waals surface area contributed by atoms with Crippen molar-refractivity contribution in [2.24, 2.45) is 0 Å². The molecule has 0 aromatic rings. The fourth-order valence-corrected chi connectivity index (χ4v) is 4.03. The number of likely N-dealkylation sites (N-methyl/N-ethyl adjacent to an activating group) is 1. The normalized spacial score (nSPS) is 40.4. The largest absolute Gasteiger partial charge is 0.400 e. The first-order valence-electron chi connectivity index (χ1n) is 6.70. The molecule has 0 aliphatic carbocycles. The quantitative estimate of drug-likeness (QED) is 0.531. The van der Waals surface area contributed by atoms with Crippen LogP contribution >= 0.6 is 8.38 Å². The second kappa shape index (κ2) is 8.47. The maximum atomic E-state index is 9.82. The number of rotatable bonds is 2. The van der Waals surface area contributed by atoms with Gasteiger partial charge in [-0.3, -0.25) is 0 Å². The summed E-state index contributed by atoms with van der Waals surface area (Å²) in [5.74, 6) is 0. The summed E-state index contributed by atoms with van der Waals surface area (Å²) in [4.78, 5) is 11.9. The summed E-state index contributed by atoms with van der Waals surface area (Å²) >= 11 is 0. The van der Waals surface area contributed by atoms with E-state index >= 15 is 0 Å². The topological polar surface area (TPSA) is 93.4 Å². The molecule has 5 unspecified atom stereocenters. The molecule has 7 heteroatoms. The molecule has 0 radical (unpaired) electrons. The number of hydrogen-bond donors (Lipinski definition) is 4. The lowest BCUT2D eigenvalue weighted by atomic mass is 9.93. The molecule has 0 spiro atoms. The molecule has 6 nitrogen and oxygen atoms in total. The Morgan fingerprint density at radius 1 is 1.26 bits per heavy atom. The molecule has 0 saturated carbocycles. The second-order valence-corrected chi connectivity index (χ2v) is 6.72. The van der Waals surface area contributed by atoms with E-state index < -0.39 is 20.6 Å². The summed E-state index contributed by atoms with van der Waals surface area (Å²) in [5, 5.41) is 26.3. The van der Waals surface area contributed by atoms with Crippen LogP contribution in [0.5, 0.6) is 0 Å². The minimum Gasteiger partial charge on any atom is -0.400 e. The predicted molar refractivity (Wildman–Crippen MR) is 73.9 cm³/mol. The molecule has 2 heterocycles. The van der Waals surface area contributed by atoms with E-state index in [1.165, 1.54) is 0 Å². The average molecular weight is 295 g/mol. The number of nitrogens with zero attached hydrogens (tertiary/aromatic N) is 1. The summed E-state index contributed by atoms with van der Waals surface area (Å²) in [7, 11) is 1.67. The minimum atomic E-state index is -1.30. The summed E-state index contributed by atoms with van der Waals surface area (Å²) in [6.07, 6.45) is 2.16. The monoisotopic (exact) mass is 295 g/mol. The first-order valence-corrected chi connectivity index (χ1v) is 7.98. The lowest BCUT2D eigenvalue weighted by molar-refractivity contribution is -0.0553. The summed E-state index contributed by atoms with van der Waals surface area (Å²) < 4.78 is 5.31. The van der Waals surface area contributed by atoms with E-state index in [1.807, 2.05) is 7.05 Å². The standard InChI is InChI=1S/C11H22NO4P.CH4O/c1-12-7-11(14)10(13)6-8(12)5-9-3-2-4-16-17(9)15;1-2/h8-11,13-15H,2-7H2,1H3;2H,1H3. The van der Waals surface area contributed by atoms with Crippen molar-refractivity contribution < 1.29 is 24.7 Å². The Bertz CT molecular complexity index is 258. The zero-order valence-electron chi connectivity index (χ0n) is 11.6. The van der Waals surface area contributed by atoms with E-state index in [2.05, 4.69) is 4.90 Å². The Labute approximate surface area is 115 Å². The van der Waals surface area contributed by atoms with Gasteiger partial charge in [-0.25, -0.2) is 0 Å². The van der Waals surface area contributed by atoms with Crippen LogP contribution in [0.2, 0.25) is 0 Å². The first kappa shape index (κ1) is 17.2. The summed E-state index contributed by atoms with van der Waals surface area (Å²) in [5.41, 5.74) is 0.216. The molecule has 2 rings (SSSR count). The maximum Gasteiger partial charge on any atom is 0.171 e. The third kappa shape index (κ3) is 4.90. The Balaban J connectivity index is 0.000000861. The van der Waals surface area contributed by atoms with Crippen molar-refractivity contribution in [3.8, 4) is 0 Å². The van der Waals surface area contributed by atoms with Gasteiger partial charge in [0.2, 0.25) is 0 Å². The van der Waals surface area contributed by atoms with Crippen LogP contribution in [0.1, 0.15) is 25.7 Å². The van der Waals surface area contributed by atoms with Gasteiger partial charge in [-0.1, -0.05) is 0 Å². The Morgan fingerprint density at radius 2 is 1.95 bits per heavy atom. The molecule has 2 fully saturated rings. The highest BCUT2D eigenvalue weighted by molar-refractivity contribution is 7.47. The molecular weight excluding hydrogens is 269 g/mol. The number of likely N-dealkylation sites (tertiary alicyclic amines) is 1. The van der Waals surface area contributed by atoms with Crippen molar-refractivity contribution in [3.63, 3.8) is 0 Å². The first-order chi connectivity index (χ1) is 9.08. The van der Waals surface area contributed by atoms with Gasteiger partial charge in [0.1, 0.15) is 0 Å². The lowest BCUT2D eigenvalue weighted by Crippen LogP contribution is -2.51. The van der Waals surface area contributed by atoms with Crippen molar-refractivity contribution in [2.45, 2.75) is 49.6 Å². The van der Waals surface area contributed by atoms with Crippen molar-refractivity contribution in [1.82, 2.24) is 4.90 Å². The predicted octanol–water partition coefficient (Wildman–Crippen LogP) is -0.106. The van der Waals surface area contributed by atoms with Crippen molar-refractivity contribution in [1.29, 1.82) is 0 Å². The van der Waals surface area contributed by atoms with Gasteiger partial charge in [-0.15, -0.1) is 0 Å². The second-order valence-electron chi connectivity index (χ2n) is 5.13. The number of piperidine rings is 1. The van der Waals surface area contributed by atoms with Crippen LogP contribution in [0.15, 0.2) is 0 Å². The van der Waals surface area contributed by atoms with Crippen molar-refractivity contribution >= 4 is 8.38 Å². The van der Waals surface area contributed by atoms with Gasteiger partial charge >= 0.3 is 0 Å². The van der Waals surface area contributed by atoms with Crippen molar-refractivity contribution in [2.75, 3.05) is 27.3 Å². The molecule has 0 amide bonds. The fourth-order valence-electron chi connectivity index (χ4n) is 2.67. The minimum absolute atomic E-state index is 0.216. The zero-order valence-corrected chi connectivity index (χ0v) is 12.5. The third-order valence-electron chi connectivity index (χ3n) is 3.82. The lowest BCUT2D eigenvalue weighted by Gasteiger charge is -2.40. The molecule has 2 aliphatic heterocycles. The van der Waals surface area contributed by atoms with Gasteiger partial charge in [0.25, 0.3) is 0 Å². The third-order valence-corrected chi connectivity index (χ3v) is 5.36. The Hall–Kier alpha value is 0.190. The van der Waals surface area contributed by atoms with Crippen LogP contribution in [0.25, 0.3) is 0 Å². The van der Waals surface area contributed by atoms with E-state index in [1.54, 1.807) is 0 Å².